The zero-order valence-electron chi connectivity index (χ0n) is 10.4. The molecule has 4 heteroatoms. The molecule has 1 aliphatic heterocycles. The largest absolute Gasteiger partial charge is 0.494 e. The number of hydrogen-bond acceptors (Lipinski definition) is 3. The predicted molar refractivity (Wildman–Crippen MR) is 75.8 cm³/mol. The molecular formula is C13H19BrN2O. The summed E-state index contributed by atoms with van der Waals surface area (Å²) in [5.74, 6) is 0.852. The molecule has 1 fully saturated rings. The zero-order chi connectivity index (χ0) is 12.4. The first kappa shape index (κ1) is 12.6. The van der Waals surface area contributed by atoms with Crippen molar-refractivity contribution in [3.63, 3.8) is 0 Å². The van der Waals surface area contributed by atoms with E-state index < -0.39 is 0 Å². The van der Waals surface area contributed by atoms with Gasteiger partial charge in [-0.1, -0.05) is 0 Å². The summed E-state index contributed by atoms with van der Waals surface area (Å²) in [4.78, 5) is 2.41. The molecule has 2 rings (SSSR count). The predicted octanol–water partition coefficient (Wildman–Crippen LogP) is 3.42. The molecule has 0 bridgehead atoms. The van der Waals surface area contributed by atoms with Gasteiger partial charge in [0.1, 0.15) is 5.75 Å². The topological polar surface area (TPSA) is 38.5 Å². The highest BCUT2D eigenvalue weighted by Gasteiger charge is 2.23. The molecule has 1 aliphatic rings. The van der Waals surface area contributed by atoms with Crippen LogP contribution in [0.4, 0.5) is 11.4 Å². The minimum absolute atomic E-state index is 0.553. The number of nitrogens with two attached hydrogens (primary N) is 1. The summed E-state index contributed by atoms with van der Waals surface area (Å²) in [6, 6.07) is 4.39. The van der Waals surface area contributed by atoms with E-state index in [1.165, 1.54) is 19.3 Å². The van der Waals surface area contributed by atoms with E-state index in [-0.39, 0.29) is 0 Å². The van der Waals surface area contributed by atoms with Crippen molar-refractivity contribution in [3.8, 4) is 5.75 Å². The number of piperidine rings is 1. The second-order valence-electron chi connectivity index (χ2n) is 4.59. The van der Waals surface area contributed by atoms with Gasteiger partial charge >= 0.3 is 0 Å². The monoisotopic (exact) mass is 298 g/mol. The lowest BCUT2D eigenvalue weighted by atomic mass is 10.0. The van der Waals surface area contributed by atoms with Gasteiger partial charge in [0.2, 0.25) is 0 Å². The molecule has 0 saturated carbocycles. The number of nitrogen functional groups attached to an aromatic ring is 1. The first-order valence-electron chi connectivity index (χ1n) is 6.03. The number of benzene rings is 1. The van der Waals surface area contributed by atoms with E-state index in [0.717, 1.165) is 28.1 Å². The number of halogens is 1. The summed E-state index contributed by atoms with van der Waals surface area (Å²) in [6.45, 7) is 3.35. The van der Waals surface area contributed by atoms with Crippen LogP contribution in [0.3, 0.4) is 0 Å². The summed E-state index contributed by atoms with van der Waals surface area (Å²) in [5, 5.41) is 0. The highest BCUT2D eigenvalue weighted by molar-refractivity contribution is 9.10. The molecule has 1 aromatic carbocycles. The lowest BCUT2D eigenvalue weighted by molar-refractivity contribution is 0.407. The fraction of sp³-hybridized carbons (Fsp3) is 0.538. The van der Waals surface area contributed by atoms with Crippen molar-refractivity contribution in [2.75, 3.05) is 24.3 Å². The van der Waals surface area contributed by atoms with Crippen LogP contribution in [0.5, 0.6) is 5.75 Å². The molecule has 17 heavy (non-hydrogen) atoms. The Hall–Kier alpha value is -0.900. The molecule has 2 N–H and O–H groups in total. The Morgan fingerprint density at radius 3 is 2.82 bits per heavy atom. The molecule has 1 saturated heterocycles. The van der Waals surface area contributed by atoms with Crippen molar-refractivity contribution in [2.24, 2.45) is 0 Å². The minimum atomic E-state index is 0.553. The molecule has 0 spiro atoms. The van der Waals surface area contributed by atoms with Gasteiger partial charge in [-0.25, -0.2) is 0 Å². The van der Waals surface area contributed by atoms with Gasteiger partial charge in [-0.15, -0.1) is 0 Å². The molecule has 0 radical (unpaired) electrons. The molecule has 0 amide bonds. The standard InChI is InChI=1S/C13H19BrN2O/c1-9-5-3-4-6-16(9)13-11(14)7-10(15)8-12(13)17-2/h7-9H,3-6,15H2,1-2H3/t9-/m1/s1. The molecule has 1 heterocycles. The average Bonchev–Trinajstić information content (AvgIpc) is 2.29. The lowest BCUT2D eigenvalue weighted by Gasteiger charge is -2.36. The van der Waals surface area contributed by atoms with Crippen LogP contribution in [0.2, 0.25) is 0 Å². The maximum absolute atomic E-state index is 5.84. The van der Waals surface area contributed by atoms with Crippen molar-refractivity contribution in [1.29, 1.82) is 0 Å². The molecule has 1 aromatic rings. The highest BCUT2D eigenvalue weighted by Crippen LogP contribution is 2.40. The number of ether oxygens (including phenoxy) is 1. The molecule has 0 unspecified atom stereocenters. The normalized spacial score (nSPS) is 20.4. The fourth-order valence-electron chi connectivity index (χ4n) is 2.46. The smallest absolute Gasteiger partial charge is 0.145 e. The minimum Gasteiger partial charge on any atom is -0.494 e. The van der Waals surface area contributed by atoms with Crippen LogP contribution >= 0.6 is 15.9 Å². The molecule has 0 aliphatic carbocycles. The van der Waals surface area contributed by atoms with Crippen LogP contribution in [0.15, 0.2) is 16.6 Å². The summed E-state index contributed by atoms with van der Waals surface area (Å²) >= 11 is 3.60. The van der Waals surface area contributed by atoms with Crippen LogP contribution < -0.4 is 15.4 Å². The fourth-order valence-corrected chi connectivity index (χ4v) is 3.15. The van der Waals surface area contributed by atoms with Crippen molar-refractivity contribution < 1.29 is 4.74 Å². The zero-order valence-corrected chi connectivity index (χ0v) is 12.0. The summed E-state index contributed by atoms with van der Waals surface area (Å²) in [5.41, 5.74) is 7.70. The van der Waals surface area contributed by atoms with Crippen molar-refractivity contribution in [2.45, 2.75) is 32.2 Å². The van der Waals surface area contributed by atoms with Crippen molar-refractivity contribution >= 4 is 27.3 Å². The van der Waals surface area contributed by atoms with E-state index in [1.807, 2.05) is 12.1 Å². The number of rotatable bonds is 2. The quantitative estimate of drug-likeness (QED) is 0.850. The second-order valence-corrected chi connectivity index (χ2v) is 5.45. The summed E-state index contributed by atoms with van der Waals surface area (Å²) in [7, 11) is 1.69. The van der Waals surface area contributed by atoms with Gasteiger partial charge in [-0.2, -0.15) is 0 Å². The third-order valence-corrected chi connectivity index (χ3v) is 3.97. The average molecular weight is 299 g/mol. The lowest BCUT2D eigenvalue weighted by Crippen LogP contribution is -2.37. The molecule has 0 aromatic heterocycles. The molecule has 1 atom stereocenters. The van der Waals surface area contributed by atoms with Gasteiger partial charge in [0, 0.05) is 28.8 Å². The Morgan fingerprint density at radius 1 is 1.41 bits per heavy atom. The van der Waals surface area contributed by atoms with Crippen LogP contribution in [0, 0.1) is 0 Å². The number of nitrogens with zero attached hydrogens (tertiary/aromatic N) is 1. The Labute approximate surface area is 111 Å². The second kappa shape index (κ2) is 5.17. The van der Waals surface area contributed by atoms with Gasteiger partial charge in [-0.3, -0.25) is 0 Å². The molecular weight excluding hydrogens is 280 g/mol. The maximum Gasteiger partial charge on any atom is 0.145 e. The van der Waals surface area contributed by atoms with Gasteiger partial charge in [-0.05, 0) is 48.2 Å². The highest BCUT2D eigenvalue weighted by atomic mass is 79.9. The van der Waals surface area contributed by atoms with E-state index in [9.17, 15) is 0 Å². The van der Waals surface area contributed by atoms with Gasteiger partial charge < -0.3 is 15.4 Å². The number of anilines is 2. The van der Waals surface area contributed by atoms with Crippen LogP contribution in [-0.4, -0.2) is 19.7 Å². The SMILES string of the molecule is COc1cc(N)cc(Br)c1N1CCCC[C@H]1C. The van der Waals surface area contributed by atoms with Gasteiger partial charge in [0.25, 0.3) is 0 Å². The third-order valence-electron chi connectivity index (χ3n) is 3.36. The van der Waals surface area contributed by atoms with Crippen LogP contribution in [-0.2, 0) is 0 Å². The Balaban J connectivity index is 2.42. The van der Waals surface area contributed by atoms with E-state index in [4.69, 9.17) is 10.5 Å². The molecule has 94 valence electrons. The Morgan fingerprint density at radius 2 is 2.18 bits per heavy atom. The first-order valence-corrected chi connectivity index (χ1v) is 6.82. The Bertz CT molecular complexity index is 409. The van der Waals surface area contributed by atoms with Crippen LogP contribution in [0.1, 0.15) is 26.2 Å². The number of methoxy groups -OCH3 is 1. The molecule has 3 nitrogen and oxygen atoms in total. The summed E-state index contributed by atoms with van der Waals surface area (Å²) < 4.78 is 6.47. The first-order chi connectivity index (χ1) is 8.13. The van der Waals surface area contributed by atoms with Gasteiger partial charge in [0.05, 0.1) is 12.8 Å². The van der Waals surface area contributed by atoms with E-state index in [1.54, 1.807) is 7.11 Å². The maximum atomic E-state index is 5.84. The summed E-state index contributed by atoms with van der Waals surface area (Å²) in [6.07, 6.45) is 3.79. The Kier molecular flexibility index (Phi) is 3.82. The van der Waals surface area contributed by atoms with Crippen molar-refractivity contribution in [1.82, 2.24) is 0 Å². The van der Waals surface area contributed by atoms with E-state index in [2.05, 4.69) is 27.8 Å². The number of hydrogen-bond donors (Lipinski definition) is 1. The van der Waals surface area contributed by atoms with E-state index in [0.29, 0.717) is 6.04 Å². The van der Waals surface area contributed by atoms with Gasteiger partial charge in [0.15, 0.2) is 0 Å². The van der Waals surface area contributed by atoms with Crippen molar-refractivity contribution in [3.05, 3.63) is 16.6 Å². The van der Waals surface area contributed by atoms with E-state index >= 15 is 0 Å². The van der Waals surface area contributed by atoms with Crippen LogP contribution in [0.25, 0.3) is 0 Å². The third kappa shape index (κ3) is 2.51.